The summed E-state index contributed by atoms with van der Waals surface area (Å²) >= 11 is 1.65. The lowest BCUT2D eigenvalue weighted by molar-refractivity contribution is 0.0601. The molecule has 140 valence electrons. The van der Waals surface area contributed by atoms with E-state index in [1.807, 2.05) is 53.4 Å². The first-order valence-electron chi connectivity index (χ1n) is 8.61. The zero-order valence-corrected chi connectivity index (χ0v) is 16.2. The molecule has 0 spiro atoms. The number of methoxy groups -OCH3 is 2. The van der Waals surface area contributed by atoms with Gasteiger partial charge >= 0.3 is 11.9 Å². The second-order valence-electron chi connectivity index (χ2n) is 6.06. The van der Waals surface area contributed by atoms with E-state index in [0.29, 0.717) is 16.8 Å². The Balaban J connectivity index is 2.07. The van der Waals surface area contributed by atoms with Crippen LogP contribution in [-0.2, 0) is 9.47 Å². The zero-order valence-electron chi connectivity index (χ0n) is 15.3. The van der Waals surface area contributed by atoms with Gasteiger partial charge in [-0.05, 0) is 36.4 Å². The van der Waals surface area contributed by atoms with Gasteiger partial charge < -0.3 is 14.4 Å². The number of ether oxygens (including phenoxy) is 2. The Kier molecular flexibility index (Phi) is 4.79. The van der Waals surface area contributed by atoms with Crippen LogP contribution in [0.5, 0.6) is 0 Å². The van der Waals surface area contributed by atoms with Crippen LogP contribution in [0.2, 0.25) is 0 Å². The van der Waals surface area contributed by atoms with E-state index in [4.69, 9.17) is 9.47 Å². The minimum Gasteiger partial charge on any atom is -0.465 e. The summed E-state index contributed by atoms with van der Waals surface area (Å²) in [5, 5.41) is 0. The molecule has 0 radical (unpaired) electrons. The van der Waals surface area contributed by atoms with Gasteiger partial charge in [-0.3, -0.25) is 0 Å². The van der Waals surface area contributed by atoms with Crippen molar-refractivity contribution < 1.29 is 19.1 Å². The van der Waals surface area contributed by atoms with Gasteiger partial charge in [-0.15, -0.1) is 0 Å². The lowest BCUT2D eigenvalue weighted by Gasteiger charge is -2.34. The minimum absolute atomic E-state index is 0.293. The lowest BCUT2D eigenvalue weighted by atomic mass is 10.0. The Labute approximate surface area is 166 Å². The van der Waals surface area contributed by atoms with E-state index < -0.39 is 11.9 Å². The van der Waals surface area contributed by atoms with E-state index in [2.05, 4.69) is 0 Å². The lowest BCUT2D eigenvalue weighted by Crippen LogP contribution is -2.21. The van der Waals surface area contributed by atoms with Crippen LogP contribution < -0.4 is 4.90 Å². The van der Waals surface area contributed by atoms with E-state index in [9.17, 15) is 9.59 Å². The predicted octanol–water partition coefficient (Wildman–Crippen LogP) is 5.19. The third-order valence-corrected chi connectivity index (χ3v) is 5.63. The van der Waals surface area contributed by atoms with Crippen molar-refractivity contribution in [3.8, 4) is 0 Å². The number of carbonyl (C=O) groups is 2. The largest absolute Gasteiger partial charge is 0.465 e. The number of hydrogen-bond acceptors (Lipinski definition) is 6. The first-order valence-corrected chi connectivity index (χ1v) is 9.43. The van der Waals surface area contributed by atoms with Gasteiger partial charge in [0.2, 0.25) is 0 Å². The molecule has 0 atom stereocenters. The van der Waals surface area contributed by atoms with E-state index in [1.165, 1.54) is 14.2 Å². The number of anilines is 3. The highest BCUT2D eigenvalue weighted by molar-refractivity contribution is 7.99. The number of hydrogen-bond donors (Lipinski definition) is 0. The summed E-state index contributed by atoms with van der Waals surface area (Å²) in [6, 6.07) is 20.7. The summed E-state index contributed by atoms with van der Waals surface area (Å²) in [5.41, 5.74) is 2.80. The molecule has 28 heavy (non-hydrogen) atoms. The number of esters is 2. The third kappa shape index (κ3) is 2.92. The molecule has 0 aromatic heterocycles. The maximum Gasteiger partial charge on any atom is 0.340 e. The fraction of sp³-hybridized carbons (Fsp3) is 0.0909. The molecule has 1 heterocycles. The second-order valence-corrected chi connectivity index (χ2v) is 7.14. The Morgan fingerprint density at radius 2 is 1.18 bits per heavy atom. The third-order valence-electron chi connectivity index (χ3n) is 4.50. The van der Waals surface area contributed by atoms with Gasteiger partial charge in [-0.1, -0.05) is 42.1 Å². The Morgan fingerprint density at radius 3 is 1.64 bits per heavy atom. The summed E-state index contributed by atoms with van der Waals surface area (Å²) in [6.07, 6.45) is 0. The molecule has 0 saturated heterocycles. The zero-order chi connectivity index (χ0) is 19.7. The monoisotopic (exact) mass is 391 g/mol. The molecule has 0 fully saturated rings. The van der Waals surface area contributed by atoms with Crippen molar-refractivity contribution in [2.45, 2.75) is 9.79 Å². The van der Waals surface area contributed by atoms with Gasteiger partial charge in [-0.2, -0.15) is 0 Å². The quantitative estimate of drug-likeness (QED) is 0.448. The number of para-hydroxylation sites is 3. The van der Waals surface area contributed by atoms with Crippen LogP contribution in [0.3, 0.4) is 0 Å². The first-order chi connectivity index (χ1) is 13.7. The molecule has 0 N–H and O–H groups in total. The maximum absolute atomic E-state index is 12.6. The van der Waals surface area contributed by atoms with Gasteiger partial charge in [-0.25, -0.2) is 9.59 Å². The van der Waals surface area contributed by atoms with Crippen LogP contribution in [0.25, 0.3) is 0 Å². The van der Waals surface area contributed by atoms with Crippen molar-refractivity contribution in [2.24, 2.45) is 0 Å². The smallest absolute Gasteiger partial charge is 0.340 e. The standard InChI is InChI=1S/C22H17NO4S/c1-26-21(24)14-8-7-9-15(22(25)27-2)20(14)23-16-10-3-5-12-18(16)28-19-13-6-4-11-17(19)23/h3-13H,1-2H3. The van der Waals surface area contributed by atoms with Crippen molar-refractivity contribution in [3.05, 3.63) is 77.9 Å². The average molecular weight is 391 g/mol. The molecule has 1 aliphatic heterocycles. The van der Waals surface area contributed by atoms with E-state index in [-0.39, 0.29) is 0 Å². The van der Waals surface area contributed by atoms with Crippen molar-refractivity contribution in [3.63, 3.8) is 0 Å². The predicted molar refractivity (Wildman–Crippen MR) is 108 cm³/mol. The highest BCUT2D eigenvalue weighted by atomic mass is 32.2. The summed E-state index contributed by atoms with van der Waals surface area (Å²) in [5.74, 6) is -1.04. The molecule has 6 heteroatoms. The molecule has 3 aromatic rings. The number of carbonyl (C=O) groups excluding carboxylic acids is 2. The highest BCUT2D eigenvalue weighted by Crippen LogP contribution is 2.52. The summed E-state index contributed by atoms with van der Waals surface area (Å²) in [6.45, 7) is 0. The van der Waals surface area contributed by atoms with Crippen LogP contribution in [0.1, 0.15) is 20.7 Å². The number of rotatable bonds is 3. The SMILES string of the molecule is COC(=O)c1cccc(C(=O)OC)c1N1c2ccccc2Sc2ccccc21. The number of nitrogens with zero attached hydrogens (tertiary/aromatic N) is 1. The fourth-order valence-electron chi connectivity index (χ4n) is 3.28. The van der Waals surface area contributed by atoms with Crippen LogP contribution in [-0.4, -0.2) is 26.2 Å². The van der Waals surface area contributed by atoms with Crippen LogP contribution in [0, 0.1) is 0 Å². The maximum atomic E-state index is 12.6. The van der Waals surface area contributed by atoms with Gasteiger partial charge in [0, 0.05) is 9.79 Å². The molecule has 0 unspecified atom stereocenters. The highest BCUT2D eigenvalue weighted by Gasteiger charge is 2.31. The van der Waals surface area contributed by atoms with Gasteiger partial charge in [0.1, 0.15) is 0 Å². The normalized spacial score (nSPS) is 12.0. The molecule has 5 nitrogen and oxygen atoms in total. The van der Waals surface area contributed by atoms with Crippen LogP contribution >= 0.6 is 11.8 Å². The van der Waals surface area contributed by atoms with Gasteiger partial charge in [0.15, 0.2) is 0 Å². The Bertz CT molecular complexity index is 1000. The first kappa shape index (κ1) is 18.1. The van der Waals surface area contributed by atoms with Gasteiger partial charge in [0.25, 0.3) is 0 Å². The van der Waals surface area contributed by atoms with Crippen molar-refractivity contribution in [2.75, 3.05) is 19.1 Å². The Hall–Kier alpha value is -3.25. The van der Waals surface area contributed by atoms with E-state index >= 15 is 0 Å². The Morgan fingerprint density at radius 1 is 0.714 bits per heavy atom. The molecule has 4 rings (SSSR count). The summed E-state index contributed by atoms with van der Waals surface area (Å²) < 4.78 is 9.98. The van der Waals surface area contributed by atoms with Crippen molar-refractivity contribution in [1.29, 1.82) is 0 Å². The molecule has 1 aliphatic rings. The summed E-state index contributed by atoms with van der Waals surface area (Å²) in [4.78, 5) is 29.1. The molecule has 0 aliphatic carbocycles. The van der Waals surface area contributed by atoms with Crippen molar-refractivity contribution >= 4 is 40.8 Å². The van der Waals surface area contributed by atoms with Crippen molar-refractivity contribution in [1.82, 2.24) is 0 Å². The average Bonchev–Trinajstić information content (AvgIpc) is 2.75. The molecule has 0 amide bonds. The van der Waals surface area contributed by atoms with E-state index in [0.717, 1.165) is 21.2 Å². The van der Waals surface area contributed by atoms with Crippen LogP contribution in [0.4, 0.5) is 17.1 Å². The number of fused-ring (bicyclic) bond motifs is 2. The second kappa shape index (κ2) is 7.40. The number of benzene rings is 3. The topological polar surface area (TPSA) is 55.8 Å². The van der Waals surface area contributed by atoms with Crippen LogP contribution in [0.15, 0.2) is 76.5 Å². The summed E-state index contributed by atoms with van der Waals surface area (Å²) in [7, 11) is 2.65. The molecule has 0 bridgehead atoms. The van der Waals surface area contributed by atoms with E-state index in [1.54, 1.807) is 30.0 Å². The molecular weight excluding hydrogens is 374 g/mol. The fourth-order valence-corrected chi connectivity index (χ4v) is 4.34. The molecular formula is C22H17NO4S. The molecule has 3 aromatic carbocycles. The minimum atomic E-state index is -0.519. The van der Waals surface area contributed by atoms with Gasteiger partial charge in [0.05, 0.1) is 42.4 Å². The molecule has 0 saturated carbocycles.